The largest absolute Gasteiger partial charge is 0.273 e. The normalized spacial score (nSPS) is 16.2. The topological polar surface area (TPSA) is 20.3 Å². The summed E-state index contributed by atoms with van der Waals surface area (Å²) in [5.41, 5.74) is 2.00. The minimum absolute atomic E-state index is 0.0823. The number of nitrogens with zero attached hydrogens (tertiary/aromatic N) is 1. The SMILES string of the molecule is O=C1CC=C(c2ccccc2)N1Br. The Balaban J connectivity index is 2.34. The first-order chi connectivity index (χ1) is 6.29. The van der Waals surface area contributed by atoms with E-state index in [2.05, 4.69) is 16.1 Å². The van der Waals surface area contributed by atoms with Crippen LogP contribution in [0.5, 0.6) is 0 Å². The summed E-state index contributed by atoms with van der Waals surface area (Å²) in [6, 6.07) is 9.84. The maximum absolute atomic E-state index is 11.2. The van der Waals surface area contributed by atoms with Crippen molar-refractivity contribution in [2.24, 2.45) is 0 Å². The molecule has 0 saturated heterocycles. The lowest BCUT2D eigenvalue weighted by Crippen LogP contribution is -2.11. The van der Waals surface area contributed by atoms with Gasteiger partial charge in [0.1, 0.15) is 0 Å². The van der Waals surface area contributed by atoms with Crippen molar-refractivity contribution in [2.45, 2.75) is 6.42 Å². The van der Waals surface area contributed by atoms with Crippen LogP contribution in [0.15, 0.2) is 36.4 Å². The molecule has 0 spiro atoms. The molecule has 0 atom stereocenters. The zero-order valence-corrected chi connectivity index (χ0v) is 8.49. The highest BCUT2D eigenvalue weighted by atomic mass is 79.9. The van der Waals surface area contributed by atoms with E-state index in [0.29, 0.717) is 6.42 Å². The zero-order valence-electron chi connectivity index (χ0n) is 6.90. The molecule has 1 heterocycles. The molecule has 0 fully saturated rings. The number of hydrogen-bond donors (Lipinski definition) is 0. The van der Waals surface area contributed by atoms with Crippen molar-refractivity contribution in [1.82, 2.24) is 3.93 Å². The van der Waals surface area contributed by atoms with Gasteiger partial charge in [-0.25, -0.2) is 3.93 Å². The van der Waals surface area contributed by atoms with Gasteiger partial charge in [0.2, 0.25) is 5.91 Å². The number of carbonyl (C=O) groups is 1. The standard InChI is InChI=1S/C10H8BrNO/c11-12-9(6-7-10(12)13)8-4-2-1-3-5-8/h1-6H,7H2. The predicted molar refractivity (Wildman–Crippen MR) is 54.8 cm³/mol. The minimum atomic E-state index is 0.0823. The van der Waals surface area contributed by atoms with E-state index in [1.807, 2.05) is 36.4 Å². The Kier molecular flexibility index (Phi) is 2.19. The highest BCUT2D eigenvalue weighted by Crippen LogP contribution is 2.28. The van der Waals surface area contributed by atoms with Gasteiger partial charge in [0.25, 0.3) is 0 Å². The molecule has 0 bridgehead atoms. The van der Waals surface area contributed by atoms with Crippen LogP contribution in [-0.2, 0) is 4.79 Å². The number of hydrogen-bond acceptors (Lipinski definition) is 1. The van der Waals surface area contributed by atoms with Crippen molar-refractivity contribution >= 4 is 27.8 Å². The molecule has 0 aromatic heterocycles. The Morgan fingerprint density at radius 1 is 1.23 bits per heavy atom. The lowest BCUT2D eigenvalue weighted by atomic mass is 10.2. The summed E-state index contributed by atoms with van der Waals surface area (Å²) in [4.78, 5) is 11.2. The molecule has 2 rings (SSSR count). The van der Waals surface area contributed by atoms with E-state index in [1.54, 1.807) is 0 Å². The minimum Gasteiger partial charge on any atom is -0.273 e. The number of rotatable bonds is 1. The molecular weight excluding hydrogens is 230 g/mol. The lowest BCUT2D eigenvalue weighted by molar-refractivity contribution is -0.122. The first kappa shape index (κ1) is 8.51. The van der Waals surface area contributed by atoms with E-state index < -0.39 is 0 Å². The summed E-state index contributed by atoms with van der Waals surface area (Å²) in [5, 5.41) is 0. The zero-order chi connectivity index (χ0) is 9.26. The number of benzene rings is 1. The van der Waals surface area contributed by atoms with Crippen LogP contribution in [0.2, 0.25) is 0 Å². The van der Waals surface area contributed by atoms with Crippen LogP contribution >= 0.6 is 16.1 Å². The molecule has 0 unspecified atom stereocenters. The lowest BCUT2D eigenvalue weighted by Gasteiger charge is -2.10. The molecule has 0 saturated carbocycles. The fourth-order valence-corrected chi connectivity index (χ4v) is 1.81. The molecule has 3 heteroatoms. The molecule has 1 aromatic rings. The van der Waals surface area contributed by atoms with Gasteiger partial charge >= 0.3 is 0 Å². The molecule has 2 nitrogen and oxygen atoms in total. The molecule has 1 amide bonds. The van der Waals surface area contributed by atoms with Gasteiger partial charge in [0, 0.05) is 6.42 Å². The summed E-state index contributed by atoms with van der Waals surface area (Å²) >= 11 is 3.22. The molecule has 1 aromatic carbocycles. The van der Waals surface area contributed by atoms with Crippen LogP contribution in [0.25, 0.3) is 5.70 Å². The second-order valence-corrected chi connectivity index (χ2v) is 3.54. The maximum Gasteiger partial charge on any atom is 0.240 e. The van der Waals surface area contributed by atoms with Gasteiger partial charge < -0.3 is 0 Å². The third-order valence-corrected chi connectivity index (χ3v) is 2.75. The van der Waals surface area contributed by atoms with E-state index in [4.69, 9.17) is 0 Å². The van der Waals surface area contributed by atoms with Crippen molar-refractivity contribution in [3.8, 4) is 0 Å². The quantitative estimate of drug-likeness (QED) is 0.688. The third kappa shape index (κ3) is 1.52. The van der Waals surface area contributed by atoms with Gasteiger partial charge in [-0.1, -0.05) is 30.3 Å². The van der Waals surface area contributed by atoms with Crippen LogP contribution in [-0.4, -0.2) is 9.83 Å². The van der Waals surface area contributed by atoms with Gasteiger partial charge in [-0.05, 0) is 11.6 Å². The molecule has 1 aliphatic heterocycles. The molecular formula is C10H8BrNO. The van der Waals surface area contributed by atoms with E-state index in [1.165, 1.54) is 3.93 Å². The molecule has 0 N–H and O–H groups in total. The van der Waals surface area contributed by atoms with Gasteiger partial charge in [-0.15, -0.1) is 0 Å². The van der Waals surface area contributed by atoms with Gasteiger partial charge in [-0.3, -0.25) is 4.79 Å². The Bertz CT molecular complexity index is 358. The molecule has 0 radical (unpaired) electrons. The third-order valence-electron chi connectivity index (χ3n) is 1.97. The van der Waals surface area contributed by atoms with Crippen molar-refractivity contribution in [2.75, 3.05) is 0 Å². The van der Waals surface area contributed by atoms with Crippen molar-refractivity contribution in [3.05, 3.63) is 42.0 Å². The number of carbonyl (C=O) groups excluding carboxylic acids is 1. The van der Waals surface area contributed by atoms with Crippen LogP contribution in [0.3, 0.4) is 0 Å². The second-order valence-electron chi connectivity index (χ2n) is 2.83. The fraction of sp³-hybridized carbons (Fsp3) is 0.100. The smallest absolute Gasteiger partial charge is 0.240 e. The summed E-state index contributed by atoms with van der Waals surface area (Å²) in [7, 11) is 0. The van der Waals surface area contributed by atoms with E-state index in [-0.39, 0.29) is 5.91 Å². The Hall–Kier alpha value is -1.09. The van der Waals surface area contributed by atoms with E-state index in [9.17, 15) is 4.79 Å². The maximum atomic E-state index is 11.2. The first-order valence-corrected chi connectivity index (χ1v) is 4.74. The molecule has 1 aliphatic rings. The summed E-state index contributed by atoms with van der Waals surface area (Å²) in [5.74, 6) is 0.0823. The molecule has 0 aliphatic carbocycles. The van der Waals surface area contributed by atoms with Gasteiger partial charge in [0.15, 0.2) is 0 Å². The number of halogens is 1. The van der Waals surface area contributed by atoms with Crippen molar-refractivity contribution in [1.29, 1.82) is 0 Å². The van der Waals surface area contributed by atoms with Crippen molar-refractivity contribution in [3.63, 3.8) is 0 Å². The summed E-state index contributed by atoms with van der Waals surface area (Å²) in [6.07, 6.45) is 2.40. The van der Waals surface area contributed by atoms with E-state index in [0.717, 1.165) is 11.3 Å². The van der Waals surface area contributed by atoms with Crippen LogP contribution < -0.4 is 0 Å². The highest BCUT2D eigenvalue weighted by Gasteiger charge is 2.21. The summed E-state index contributed by atoms with van der Waals surface area (Å²) in [6.45, 7) is 0. The Labute approximate surface area is 85.2 Å². The van der Waals surface area contributed by atoms with Crippen molar-refractivity contribution < 1.29 is 4.79 Å². The molecule has 66 valence electrons. The van der Waals surface area contributed by atoms with Gasteiger partial charge in [-0.2, -0.15) is 0 Å². The first-order valence-electron chi connectivity index (χ1n) is 4.03. The average Bonchev–Trinajstić information content (AvgIpc) is 2.49. The predicted octanol–water partition coefficient (Wildman–Crippen LogP) is 2.57. The van der Waals surface area contributed by atoms with Crippen LogP contribution in [0, 0.1) is 0 Å². The monoisotopic (exact) mass is 237 g/mol. The van der Waals surface area contributed by atoms with Gasteiger partial charge in [0.05, 0.1) is 21.8 Å². The fourth-order valence-electron chi connectivity index (χ4n) is 1.32. The number of amides is 1. The van der Waals surface area contributed by atoms with E-state index >= 15 is 0 Å². The summed E-state index contributed by atoms with van der Waals surface area (Å²) < 4.78 is 1.52. The Morgan fingerprint density at radius 3 is 2.46 bits per heavy atom. The Morgan fingerprint density at radius 2 is 1.92 bits per heavy atom. The highest BCUT2D eigenvalue weighted by molar-refractivity contribution is 9.08. The van der Waals surface area contributed by atoms with Crippen LogP contribution in [0.4, 0.5) is 0 Å². The molecule has 13 heavy (non-hydrogen) atoms. The average molecular weight is 238 g/mol. The van der Waals surface area contributed by atoms with Crippen LogP contribution in [0.1, 0.15) is 12.0 Å². The second kappa shape index (κ2) is 3.34.